The van der Waals surface area contributed by atoms with Crippen molar-refractivity contribution in [2.75, 3.05) is 0 Å². The van der Waals surface area contributed by atoms with E-state index in [0.29, 0.717) is 0 Å². The second-order valence-electron chi connectivity index (χ2n) is 2.46. The summed E-state index contributed by atoms with van der Waals surface area (Å²) >= 11 is 0. The van der Waals surface area contributed by atoms with Gasteiger partial charge in [0, 0.05) is 18.8 Å². The topological polar surface area (TPSA) is 37.3 Å². The Kier molecular flexibility index (Phi) is 3.99. The van der Waals surface area contributed by atoms with E-state index in [0.717, 1.165) is 0 Å². The summed E-state index contributed by atoms with van der Waals surface area (Å²) in [4.78, 5) is 8.36. The van der Waals surface area contributed by atoms with Crippen LogP contribution in [0.15, 0.2) is 0 Å². The highest BCUT2D eigenvalue weighted by atomic mass is 19.3. The first-order valence-corrected chi connectivity index (χ1v) is 3.17. The highest BCUT2D eigenvalue weighted by Crippen LogP contribution is 2.45. The predicted molar refractivity (Wildman–Crippen MR) is 32.4 cm³/mol. The molecule has 0 aromatic rings. The van der Waals surface area contributed by atoms with Gasteiger partial charge in [-0.1, -0.05) is 0 Å². The smallest absolute Gasteiger partial charge is 0.290 e. The normalized spacial score (nSPS) is 20.8. The number of halogens is 4. The molecule has 1 fully saturated rings. The Bertz CT molecular complexity index is 140. The predicted octanol–water partition coefficient (Wildman–Crippen LogP) is 2.00. The van der Waals surface area contributed by atoms with Gasteiger partial charge in [0.15, 0.2) is 0 Å². The minimum atomic E-state index is -2.80. The molecule has 0 aromatic heterocycles. The molecule has 1 aliphatic carbocycles. The van der Waals surface area contributed by atoms with E-state index in [9.17, 15) is 17.6 Å². The fourth-order valence-electron chi connectivity index (χ4n) is 0.886. The molecule has 0 amide bonds. The lowest BCUT2D eigenvalue weighted by molar-refractivity contribution is -0.149. The zero-order valence-corrected chi connectivity index (χ0v) is 6.01. The molecule has 0 unspecified atom stereocenters. The Hall–Kier alpha value is -0.810. The van der Waals surface area contributed by atoms with Crippen molar-refractivity contribution in [1.29, 1.82) is 0 Å². The molecule has 2 nitrogen and oxygen atoms in total. The summed E-state index contributed by atoms with van der Waals surface area (Å²) in [5, 5.41) is 6.89. The summed E-state index contributed by atoms with van der Waals surface area (Å²) in [5.74, 6) is -3.86. The summed E-state index contributed by atoms with van der Waals surface area (Å²) in [6.45, 7) is -0.250. The van der Waals surface area contributed by atoms with E-state index < -0.39 is 31.1 Å². The summed E-state index contributed by atoms with van der Waals surface area (Å²) < 4.78 is 46.6. The minimum Gasteiger partial charge on any atom is -0.483 e. The fraction of sp³-hybridized carbons (Fsp3) is 0.833. The maximum absolute atomic E-state index is 11.8. The van der Waals surface area contributed by atoms with Crippen LogP contribution in [0.4, 0.5) is 17.6 Å². The number of carbonyl (C=O) groups is 1. The highest BCUT2D eigenvalue weighted by molar-refractivity contribution is 5.32. The van der Waals surface area contributed by atoms with Crippen LogP contribution in [0.25, 0.3) is 0 Å². The van der Waals surface area contributed by atoms with Gasteiger partial charge in [0.25, 0.3) is 6.47 Å². The third kappa shape index (κ3) is 3.54. The van der Waals surface area contributed by atoms with Crippen molar-refractivity contribution in [3.63, 3.8) is 0 Å². The number of carboxylic acid groups (broad SMARTS) is 1. The fourth-order valence-corrected chi connectivity index (χ4v) is 0.886. The summed E-state index contributed by atoms with van der Waals surface area (Å²) in [5.41, 5.74) is 0. The zero-order chi connectivity index (χ0) is 9.78. The van der Waals surface area contributed by atoms with Crippen molar-refractivity contribution in [1.82, 2.24) is 0 Å². The van der Waals surface area contributed by atoms with Gasteiger partial charge in [0.2, 0.25) is 12.3 Å². The number of hydrogen-bond donors (Lipinski definition) is 1. The Labute approximate surface area is 66.2 Å². The molecule has 0 atom stereocenters. The Morgan fingerprint density at radius 1 is 1.42 bits per heavy atom. The summed E-state index contributed by atoms with van der Waals surface area (Å²) in [6.07, 6.45) is -3.83. The lowest BCUT2D eigenvalue weighted by Crippen LogP contribution is -2.39. The number of hydrogen-bond acceptors (Lipinski definition) is 1. The van der Waals surface area contributed by atoms with Crippen molar-refractivity contribution in [3.05, 3.63) is 0 Å². The lowest BCUT2D eigenvalue weighted by atomic mass is 9.82. The molecule has 1 rings (SSSR count). The molecule has 6 heteroatoms. The second kappa shape index (κ2) is 4.27. The van der Waals surface area contributed by atoms with Gasteiger partial charge in [0.05, 0.1) is 0 Å². The zero-order valence-electron chi connectivity index (χ0n) is 6.01. The van der Waals surface area contributed by atoms with E-state index in [1.54, 1.807) is 0 Å². The van der Waals surface area contributed by atoms with Crippen molar-refractivity contribution >= 4 is 6.47 Å². The van der Waals surface area contributed by atoms with Gasteiger partial charge >= 0.3 is 0 Å². The van der Waals surface area contributed by atoms with Gasteiger partial charge in [-0.3, -0.25) is 4.79 Å². The molecule has 12 heavy (non-hydrogen) atoms. The maximum atomic E-state index is 11.8. The van der Waals surface area contributed by atoms with Crippen LogP contribution in [0.2, 0.25) is 0 Å². The van der Waals surface area contributed by atoms with Crippen LogP contribution < -0.4 is 0 Å². The quantitative estimate of drug-likeness (QED) is 0.504. The lowest BCUT2D eigenvalue weighted by Gasteiger charge is -2.33. The highest BCUT2D eigenvalue weighted by Gasteiger charge is 2.49. The third-order valence-electron chi connectivity index (χ3n) is 1.48. The van der Waals surface area contributed by atoms with E-state index in [4.69, 9.17) is 9.90 Å². The third-order valence-corrected chi connectivity index (χ3v) is 1.48. The Morgan fingerprint density at radius 3 is 1.83 bits per heavy atom. The minimum absolute atomic E-state index is 0.250. The van der Waals surface area contributed by atoms with Crippen molar-refractivity contribution in [2.45, 2.75) is 25.2 Å². The molecule has 0 aliphatic heterocycles. The average Bonchev–Trinajstić information content (AvgIpc) is 1.84. The van der Waals surface area contributed by atoms with Crippen LogP contribution in [0.3, 0.4) is 0 Å². The molecule has 72 valence electrons. The van der Waals surface area contributed by atoms with E-state index >= 15 is 0 Å². The molecular formula is C6H8F4O2. The molecule has 0 radical (unpaired) electrons. The van der Waals surface area contributed by atoms with Gasteiger partial charge in [-0.15, -0.1) is 0 Å². The molecular weight excluding hydrogens is 180 g/mol. The first-order chi connectivity index (χ1) is 5.43. The molecule has 0 saturated heterocycles. The molecule has 0 spiro atoms. The summed E-state index contributed by atoms with van der Waals surface area (Å²) in [7, 11) is 0. The van der Waals surface area contributed by atoms with Crippen LogP contribution in [0, 0.1) is 5.92 Å². The number of rotatable bonds is 1. The molecule has 0 aromatic carbocycles. The SMILES string of the molecule is FC(F)C1CC(F)(F)C1.O=CO. The molecule has 0 bridgehead atoms. The molecule has 1 aliphatic rings. The largest absolute Gasteiger partial charge is 0.483 e. The van der Waals surface area contributed by atoms with E-state index in [-0.39, 0.29) is 6.47 Å². The van der Waals surface area contributed by atoms with Gasteiger partial charge in [0.1, 0.15) is 0 Å². The van der Waals surface area contributed by atoms with Crippen LogP contribution in [0.5, 0.6) is 0 Å². The first-order valence-electron chi connectivity index (χ1n) is 3.17. The molecule has 1 saturated carbocycles. The van der Waals surface area contributed by atoms with E-state index in [2.05, 4.69) is 0 Å². The second-order valence-corrected chi connectivity index (χ2v) is 2.46. The van der Waals surface area contributed by atoms with Crippen LogP contribution in [0.1, 0.15) is 12.8 Å². The standard InChI is InChI=1S/C5H6F4.CH2O2/c6-4(7)3-1-5(8,9)2-3;2-1-3/h3-4H,1-2H2;1H,(H,2,3). The maximum Gasteiger partial charge on any atom is 0.290 e. The van der Waals surface area contributed by atoms with Crippen LogP contribution in [-0.4, -0.2) is 23.9 Å². The summed E-state index contributed by atoms with van der Waals surface area (Å²) in [6, 6.07) is 0. The van der Waals surface area contributed by atoms with Gasteiger partial charge < -0.3 is 5.11 Å². The van der Waals surface area contributed by atoms with Gasteiger partial charge in [-0.2, -0.15) is 0 Å². The van der Waals surface area contributed by atoms with Crippen molar-refractivity contribution in [2.24, 2.45) is 5.92 Å². The monoisotopic (exact) mass is 188 g/mol. The Morgan fingerprint density at radius 2 is 1.75 bits per heavy atom. The number of alkyl halides is 4. The van der Waals surface area contributed by atoms with Crippen LogP contribution in [-0.2, 0) is 4.79 Å². The van der Waals surface area contributed by atoms with E-state index in [1.165, 1.54) is 0 Å². The Balaban J connectivity index is 0.000000354. The van der Waals surface area contributed by atoms with E-state index in [1.807, 2.05) is 0 Å². The van der Waals surface area contributed by atoms with Gasteiger partial charge in [-0.05, 0) is 0 Å². The van der Waals surface area contributed by atoms with Crippen molar-refractivity contribution < 1.29 is 27.5 Å². The average molecular weight is 188 g/mol. The molecule has 1 N–H and O–H groups in total. The van der Waals surface area contributed by atoms with Crippen molar-refractivity contribution in [3.8, 4) is 0 Å². The van der Waals surface area contributed by atoms with Crippen LogP contribution >= 0.6 is 0 Å². The molecule has 0 heterocycles. The van der Waals surface area contributed by atoms with Gasteiger partial charge in [-0.25, -0.2) is 17.6 Å². The first kappa shape index (κ1) is 11.2.